The van der Waals surface area contributed by atoms with E-state index in [1.54, 1.807) is 0 Å². The summed E-state index contributed by atoms with van der Waals surface area (Å²) in [6.07, 6.45) is 1.04. The summed E-state index contributed by atoms with van der Waals surface area (Å²) in [6, 6.07) is 17.7. The maximum absolute atomic E-state index is 3.61. The standard InChI is InChI=1S/C17H20IN/c1-3-19-16(12-14-9-5-4-6-10-14)15-11-7-8-13(2)17(15)18/h4-11,16,19H,3,12H2,1-2H3. The second-order valence-corrected chi connectivity index (χ2v) is 5.86. The summed E-state index contributed by atoms with van der Waals surface area (Å²) >= 11 is 2.46. The minimum atomic E-state index is 0.388. The third-order valence-electron chi connectivity index (χ3n) is 3.33. The van der Waals surface area contributed by atoms with E-state index < -0.39 is 0 Å². The summed E-state index contributed by atoms with van der Waals surface area (Å²) in [5, 5.41) is 3.61. The first-order valence-electron chi connectivity index (χ1n) is 6.74. The highest BCUT2D eigenvalue weighted by Crippen LogP contribution is 2.25. The van der Waals surface area contributed by atoms with Crippen LogP contribution in [0.15, 0.2) is 48.5 Å². The fourth-order valence-electron chi connectivity index (χ4n) is 2.33. The molecular formula is C17H20IN. The summed E-state index contributed by atoms with van der Waals surface area (Å²) in [7, 11) is 0. The molecule has 0 aromatic heterocycles. The van der Waals surface area contributed by atoms with Gasteiger partial charge in [-0.15, -0.1) is 0 Å². The Hall–Kier alpha value is -0.870. The van der Waals surface area contributed by atoms with Gasteiger partial charge >= 0.3 is 0 Å². The second kappa shape index (κ2) is 7.06. The lowest BCUT2D eigenvalue weighted by molar-refractivity contribution is 0.547. The van der Waals surface area contributed by atoms with E-state index >= 15 is 0 Å². The van der Waals surface area contributed by atoms with Gasteiger partial charge < -0.3 is 5.32 Å². The Morgan fingerprint density at radius 3 is 2.47 bits per heavy atom. The van der Waals surface area contributed by atoms with E-state index in [9.17, 15) is 0 Å². The lowest BCUT2D eigenvalue weighted by Crippen LogP contribution is -2.24. The number of halogens is 1. The van der Waals surface area contributed by atoms with Crippen molar-refractivity contribution in [3.8, 4) is 0 Å². The fraction of sp³-hybridized carbons (Fsp3) is 0.294. The fourth-order valence-corrected chi connectivity index (χ4v) is 3.06. The van der Waals surface area contributed by atoms with Gasteiger partial charge in [0, 0.05) is 9.61 Å². The highest BCUT2D eigenvalue weighted by Gasteiger charge is 2.14. The van der Waals surface area contributed by atoms with Crippen molar-refractivity contribution in [1.29, 1.82) is 0 Å². The molecule has 0 amide bonds. The normalized spacial score (nSPS) is 12.4. The lowest BCUT2D eigenvalue weighted by atomic mass is 9.97. The van der Waals surface area contributed by atoms with Gasteiger partial charge in [-0.1, -0.05) is 55.5 Å². The van der Waals surface area contributed by atoms with Crippen LogP contribution in [0.4, 0.5) is 0 Å². The molecule has 1 N–H and O–H groups in total. The SMILES string of the molecule is CCNC(Cc1ccccc1)c1cccc(C)c1I. The number of benzene rings is 2. The van der Waals surface area contributed by atoms with Crippen molar-refractivity contribution < 1.29 is 0 Å². The van der Waals surface area contributed by atoms with E-state index in [1.165, 1.54) is 20.3 Å². The van der Waals surface area contributed by atoms with Gasteiger partial charge in [-0.3, -0.25) is 0 Å². The Labute approximate surface area is 129 Å². The van der Waals surface area contributed by atoms with Crippen LogP contribution in [-0.4, -0.2) is 6.54 Å². The molecule has 0 aliphatic carbocycles. The summed E-state index contributed by atoms with van der Waals surface area (Å²) < 4.78 is 1.38. The molecule has 2 aromatic rings. The molecular weight excluding hydrogens is 345 g/mol. The first-order valence-corrected chi connectivity index (χ1v) is 7.82. The molecule has 2 heteroatoms. The van der Waals surface area contributed by atoms with Gasteiger partial charge in [0.15, 0.2) is 0 Å². The van der Waals surface area contributed by atoms with Gasteiger partial charge in [0.25, 0.3) is 0 Å². The highest BCUT2D eigenvalue weighted by molar-refractivity contribution is 14.1. The van der Waals surface area contributed by atoms with Gasteiger partial charge in [-0.25, -0.2) is 0 Å². The van der Waals surface area contributed by atoms with E-state index in [1.807, 2.05) is 0 Å². The topological polar surface area (TPSA) is 12.0 Å². The molecule has 0 heterocycles. The van der Waals surface area contributed by atoms with Crippen molar-refractivity contribution >= 4 is 22.6 Å². The average molecular weight is 365 g/mol. The van der Waals surface area contributed by atoms with Crippen molar-refractivity contribution in [3.05, 3.63) is 68.8 Å². The Morgan fingerprint density at radius 1 is 1.05 bits per heavy atom. The Kier molecular flexibility index (Phi) is 5.40. The first kappa shape index (κ1) is 14.5. The number of likely N-dealkylation sites (N-methyl/N-ethyl adjacent to an activating group) is 1. The number of nitrogens with one attached hydrogen (secondary N) is 1. The van der Waals surface area contributed by atoms with Crippen LogP contribution >= 0.6 is 22.6 Å². The molecule has 1 atom stereocenters. The molecule has 2 rings (SSSR count). The van der Waals surface area contributed by atoms with Crippen LogP contribution in [0.3, 0.4) is 0 Å². The summed E-state index contributed by atoms with van der Waals surface area (Å²) in [5.74, 6) is 0. The zero-order chi connectivity index (χ0) is 13.7. The van der Waals surface area contributed by atoms with Gasteiger partial charge in [0.05, 0.1) is 0 Å². The van der Waals surface area contributed by atoms with E-state index in [-0.39, 0.29) is 0 Å². The molecule has 0 saturated heterocycles. The zero-order valence-electron chi connectivity index (χ0n) is 11.5. The van der Waals surface area contributed by atoms with Crippen LogP contribution in [0.5, 0.6) is 0 Å². The quantitative estimate of drug-likeness (QED) is 0.770. The predicted molar refractivity (Wildman–Crippen MR) is 90.5 cm³/mol. The predicted octanol–water partition coefficient (Wildman–Crippen LogP) is 4.49. The average Bonchev–Trinajstić information content (AvgIpc) is 2.43. The maximum atomic E-state index is 3.61. The Morgan fingerprint density at radius 2 is 1.79 bits per heavy atom. The molecule has 0 aliphatic rings. The van der Waals surface area contributed by atoms with Gasteiger partial charge in [-0.2, -0.15) is 0 Å². The molecule has 100 valence electrons. The van der Waals surface area contributed by atoms with E-state index in [0.717, 1.165) is 13.0 Å². The van der Waals surface area contributed by atoms with Crippen LogP contribution in [0, 0.1) is 10.5 Å². The van der Waals surface area contributed by atoms with Crippen molar-refractivity contribution in [1.82, 2.24) is 5.32 Å². The molecule has 0 fully saturated rings. The number of rotatable bonds is 5. The minimum absolute atomic E-state index is 0.388. The summed E-state index contributed by atoms with van der Waals surface area (Å²) in [5.41, 5.74) is 4.14. The minimum Gasteiger partial charge on any atom is -0.310 e. The zero-order valence-corrected chi connectivity index (χ0v) is 13.6. The molecule has 1 nitrogen and oxygen atoms in total. The number of hydrogen-bond donors (Lipinski definition) is 1. The number of aryl methyl sites for hydroxylation is 1. The Bertz CT molecular complexity index is 522. The van der Waals surface area contributed by atoms with E-state index in [4.69, 9.17) is 0 Å². The van der Waals surface area contributed by atoms with Crippen LogP contribution in [0.2, 0.25) is 0 Å². The molecule has 19 heavy (non-hydrogen) atoms. The van der Waals surface area contributed by atoms with Gasteiger partial charge in [0.2, 0.25) is 0 Å². The molecule has 0 saturated carbocycles. The molecule has 0 radical (unpaired) electrons. The van der Waals surface area contributed by atoms with Crippen molar-refractivity contribution in [3.63, 3.8) is 0 Å². The second-order valence-electron chi connectivity index (χ2n) is 4.78. The van der Waals surface area contributed by atoms with Gasteiger partial charge in [-0.05, 0) is 59.2 Å². The Balaban J connectivity index is 2.27. The van der Waals surface area contributed by atoms with Crippen LogP contribution < -0.4 is 5.32 Å². The molecule has 0 bridgehead atoms. The third-order valence-corrected chi connectivity index (χ3v) is 4.80. The first-order chi connectivity index (χ1) is 9.22. The summed E-state index contributed by atoms with van der Waals surface area (Å²) in [4.78, 5) is 0. The van der Waals surface area contributed by atoms with E-state index in [2.05, 4.69) is 90.3 Å². The number of hydrogen-bond acceptors (Lipinski definition) is 1. The molecule has 2 aromatic carbocycles. The maximum Gasteiger partial charge on any atom is 0.0371 e. The largest absolute Gasteiger partial charge is 0.310 e. The molecule has 1 unspecified atom stereocenters. The van der Waals surface area contributed by atoms with Crippen molar-refractivity contribution in [2.75, 3.05) is 6.54 Å². The monoisotopic (exact) mass is 365 g/mol. The van der Waals surface area contributed by atoms with E-state index in [0.29, 0.717) is 6.04 Å². The summed E-state index contributed by atoms with van der Waals surface area (Å²) in [6.45, 7) is 5.33. The van der Waals surface area contributed by atoms with Crippen LogP contribution in [0.25, 0.3) is 0 Å². The molecule has 0 aliphatic heterocycles. The highest BCUT2D eigenvalue weighted by atomic mass is 127. The third kappa shape index (κ3) is 3.80. The molecule has 0 spiro atoms. The van der Waals surface area contributed by atoms with Crippen LogP contribution in [-0.2, 0) is 6.42 Å². The van der Waals surface area contributed by atoms with Crippen molar-refractivity contribution in [2.24, 2.45) is 0 Å². The van der Waals surface area contributed by atoms with Gasteiger partial charge in [0.1, 0.15) is 0 Å². The lowest BCUT2D eigenvalue weighted by Gasteiger charge is -2.21. The smallest absolute Gasteiger partial charge is 0.0371 e. The van der Waals surface area contributed by atoms with Crippen LogP contribution in [0.1, 0.15) is 29.7 Å². The van der Waals surface area contributed by atoms with Crippen molar-refractivity contribution in [2.45, 2.75) is 26.3 Å².